The molecule has 2 amide bonds. The third-order valence-electron chi connectivity index (χ3n) is 3.91. The molecule has 160 valence electrons. The van der Waals surface area contributed by atoms with Crippen molar-refractivity contribution in [2.24, 2.45) is 0 Å². The number of hydrogen-bond acceptors (Lipinski definition) is 4. The molecule has 2 rings (SSSR count). The van der Waals surface area contributed by atoms with E-state index >= 15 is 0 Å². The molecule has 0 radical (unpaired) electrons. The molecule has 3 N–H and O–H groups in total. The number of nitrogens with one attached hydrogen (secondary N) is 3. The Hall–Kier alpha value is -2.35. The molecule has 30 heavy (non-hydrogen) atoms. The van der Waals surface area contributed by atoms with Crippen molar-refractivity contribution in [1.82, 2.24) is 10.6 Å². The van der Waals surface area contributed by atoms with Crippen molar-refractivity contribution >= 4 is 58.0 Å². The van der Waals surface area contributed by atoms with Crippen LogP contribution in [-0.2, 0) is 4.79 Å². The Morgan fingerprint density at radius 3 is 2.63 bits per heavy atom. The molecule has 2 aromatic rings. The third-order valence-corrected chi connectivity index (χ3v) is 4.64. The van der Waals surface area contributed by atoms with E-state index in [1.54, 1.807) is 42.5 Å². The first-order valence-corrected chi connectivity index (χ1v) is 10.6. The van der Waals surface area contributed by atoms with Crippen LogP contribution in [0.5, 0.6) is 5.75 Å². The van der Waals surface area contributed by atoms with Crippen molar-refractivity contribution in [3.63, 3.8) is 0 Å². The van der Waals surface area contributed by atoms with Gasteiger partial charge in [-0.2, -0.15) is 0 Å². The summed E-state index contributed by atoms with van der Waals surface area (Å²) in [6.45, 7) is 2.87. The predicted octanol–water partition coefficient (Wildman–Crippen LogP) is 4.81. The number of rotatable bonds is 9. The van der Waals surface area contributed by atoms with Crippen LogP contribution in [0, 0.1) is 0 Å². The number of thiocarbonyl (C=S) groups is 1. The fourth-order valence-electron chi connectivity index (χ4n) is 2.47. The highest BCUT2D eigenvalue weighted by Crippen LogP contribution is 2.27. The Kier molecular flexibility index (Phi) is 9.86. The molecule has 0 aliphatic carbocycles. The lowest BCUT2D eigenvalue weighted by Crippen LogP contribution is -2.35. The normalized spacial score (nSPS) is 10.2. The van der Waals surface area contributed by atoms with Crippen LogP contribution >= 0.6 is 35.4 Å². The quantitative estimate of drug-likeness (QED) is 0.364. The zero-order chi connectivity index (χ0) is 21.9. The summed E-state index contributed by atoms with van der Waals surface area (Å²) >= 11 is 17.1. The summed E-state index contributed by atoms with van der Waals surface area (Å²) in [6.07, 6.45) is 1.53. The van der Waals surface area contributed by atoms with Gasteiger partial charge in [-0.3, -0.25) is 9.59 Å². The lowest BCUT2D eigenvalue weighted by molar-refractivity contribution is -0.119. The van der Waals surface area contributed by atoms with E-state index in [4.69, 9.17) is 40.2 Å². The van der Waals surface area contributed by atoms with Gasteiger partial charge >= 0.3 is 0 Å². The van der Waals surface area contributed by atoms with Gasteiger partial charge in [0.15, 0.2) is 5.11 Å². The second kappa shape index (κ2) is 12.4. The average Bonchev–Trinajstić information content (AvgIpc) is 2.71. The molecular weight excluding hydrogens is 445 g/mol. The van der Waals surface area contributed by atoms with E-state index in [2.05, 4.69) is 16.0 Å². The van der Waals surface area contributed by atoms with Crippen molar-refractivity contribution in [1.29, 1.82) is 0 Å². The Bertz CT molecular complexity index is 909. The first-order valence-electron chi connectivity index (χ1n) is 9.46. The molecule has 0 aromatic heterocycles. The molecule has 0 saturated heterocycles. The Labute approximate surface area is 191 Å². The van der Waals surface area contributed by atoms with E-state index in [0.717, 1.165) is 6.42 Å². The van der Waals surface area contributed by atoms with Crippen LogP contribution < -0.4 is 20.7 Å². The van der Waals surface area contributed by atoms with Crippen molar-refractivity contribution in [2.45, 2.75) is 26.2 Å². The SMILES string of the molecule is CCCNC(=O)c1ccccc1NC(=S)NC(=O)CCCOc1ccc(Cl)cc1Cl. The first-order chi connectivity index (χ1) is 14.4. The van der Waals surface area contributed by atoms with Crippen LogP contribution in [0.25, 0.3) is 0 Å². The van der Waals surface area contributed by atoms with Gasteiger partial charge in [-0.15, -0.1) is 0 Å². The van der Waals surface area contributed by atoms with Gasteiger partial charge in [0.1, 0.15) is 5.75 Å². The second-order valence-electron chi connectivity index (χ2n) is 6.33. The summed E-state index contributed by atoms with van der Waals surface area (Å²) in [5.41, 5.74) is 0.980. The Balaban J connectivity index is 1.78. The molecule has 6 nitrogen and oxygen atoms in total. The van der Waals surface area contributed by atoms with E-state index in [-0.39, 0.29) is 23.3 Å². The van der Waals surface area contributed by atoms with Crippen LogP contribution in [0.15, 0.2) is 42.5 Å². The van der Waals surface area contributed by atoms with Crippen LogP contribution in [0.2, 0.25) is 10.0 Å². The van der Waals surface area contributed by atoms with Crippen molar-refractivity contribution < 1.29 is 14.3 Å². The number of amides is 2. The van der Waals surface area contributed by atoms with E-state index in [0.29, 0.717) is 46.6 Å². The standard InChI is InChI=1S/C21H23Cl2N3O3S/c1-2-11-24-20(28)15-6-3-4-7-17(15)25-21(30)26-19(27)8-5-12-29-18-10-9-14(22)13-16(18)23/h3-4,6-7,9-10,13H,2,5,8,11-12H2,1H3,(H,24,28)(H2,25,26,27,30). The minimum atomic E-state index is -0.258. The number of anilines is 1. The summed E-state index contributed by atoms with van der Waals surface area (Å²) < 4.78 is 5.55. The summed E-state index contributed by atoms with van der Waals surface area (Å²) in [5, 5.41) is 9.39. The number of halogens is 2. The molecule has 0 heterocycles. The highest BCUT2D eigenvalue weighted by atomic mass is 35.5. The predicted molar refractivity (Wildman–Crippen MR) is 125 cm³/mol. The average molecular weight is 468 g/mol. The molecule has 0 aliphatic rings. The largest absolute Gasteiger partial charge is 0.492 e. The molecule has 0 aliphatic heterocycles. The van der Waals surface area contributed by atoms with Gasteiger partial charge in [-0.25, -0.2) is 0 Å². The number of carbonyl (C=O) groups is 2. The summed E-state index contributed by atoms with van der Waals surface area (Å²) in [5.74, 6) is 0.0509. The topological polar surface area (TPSA) is 79.5 Å². The summed E-state index contributed by atoms with van der Waals surface area (Å²) in [4.78, 5) is 24.4. The highest BCUT2D eigenvalue weighted by molar-refractivity contribution is 7.80. The number of hydrogen-bond donors (Lipinski definition) is 3. The minimum Gasteiger partial charge on any atom is -0.492 e. The van der Waals surface area contributed by atoms with Gasteiger partial charge < -0.3 is 20.7 Å². The summed E-state index contributed by atoms with van der Waals surface area (Å²) in [7, 11) is 0. The van der Waals surface area contributed by atoms with E-state index in [1.807, 2.05) is 6.92 Å². The van der Waals surface area contributed by atoms with E-state index in [9.17, 15) is 9.59 Å². The number of carbonyl (C=O) groups excluding carboxylic acids is 2. The second-order valence-corrected chi connectivity index (χ2v) is 7.58. The maximum Gasteiger partial charge on any atom is 0.253 e. The van der Waals surface area contributed by atoms with Gasteiger partial charge in [0.05, 0.1) is 22.9 Å². The fourth-order valence-corrected chi connectivity index (χ4v) is 3.16. The minimum absolute atomic E-state index is 0.123. The molecule has 0 fully saturated rings. The van der Waals surface area contributed by atoms with Crippen molar-refractivity contribution in [2.75, 3.05) is 18.5 Å². The molecule has 0 spiro atoms. The van der Waals surface area contributed by atoms with Gasteiger partial charge in [-0.1, -0.05) is 42.3 Å². The molecule has 0 bridgehead atoms. The van der Waals surface area contributed by atoms with E-state index in [1.165, 1.54) is 0 Å². The van der Waals surface area contributed by atoms with Gasteiger partial charge in [-0.05, 0) is 55.4 Å². The highest BCUT2D eigenvalue weighted by Gasteiger charge is 2.12. The lowest BCUT2D eigenvalue weighted by Gasteiger charge is -2.13. The first kappa shape index (κ1) is 23.9. The monoisotopic (exact) mass is 467 g/mol. The van der Waals surface area contributed by atoms with Gasteiger partial charge in [0, 0.05) is 18.0 Å². The molecule has 2 aromatic carbocycles. The zero-order valence-corrected chi connectivity index (χ0v) is 18.8. The smallest absolute Gasteiger partial charge is 0.253 e. The molecular formula is C21H23Cl2N3O3S. The van der Waals surface area contributed by atoms with Crippen LogP contribution in [0.1, 0.15) is 36.5 Å². The molecule has 9 heteroatoms. The molecule has 0 unspecified atom stereocenters. The summed E-state index contributed by atoms with van der Waals surface area (Å²) in [6, 6.07) is 11.9. The molecule has 0 saturated carbocycles. The van der Waals surface area contributed by atoms with E-state index < -0.39 is 0 Å². The van der Waals surface area contributed by atoms with Crippen LogP contribution in [0.3, 0.4) is 0 Å². The third kappa shape index (κ3) is 7.82. The van der Waals surface area contributed by atoms with Crippen molar-refractivity contribution in [3.05, 3.63) is 58.1 Å². The number of para-hydroxylation sites is 1. The zero-order valence-electron chi connectivity index (χ0n) is 16.5. The maximum atomic E-state index is 12.2. The number of ether oxygens (including phenoxy) is 1. The van der Waals surface area contributed by atoms with Gasteiger partial charge in [0.2, 0.25) is 5.91 Å². The Morgan fingerprint density at radius 2 is 1.90 bits per heavy atom. The Morgan fingerprint density at radius 1 is 1.13 bits per heavy atom. The number of benzene rings is 2. The van der Waals surface area contributed by atoms with Crippen LogP contribution in [0.4, 0.5) is 5.69 Å². The van der Waals surface area contributed by atoms with Crippen molar-refractivity contribution in [3.8, 4) is 5.75 Å². The fraction of sp³-hybridized carbons (Fsp3) is 0.286. The van der Waals surface area contributed by atoms with Crippen LogP contribution in [-0.4, -0.2) is 30.1 Å². The molecule has 0 atom stereocenters. The van der Waals surface area contributed by atoms with Gasteiger partial charge in [0.25, 0.3) is 5.91 Å². The maximum absolute atomic E-state index is 12.2. The lowest BCUT2D eigenvalue weighted by atomic mass is 10.1.